The molecule has 2 aliphatic rings. The van der Waals surface area contributed by atoms with Crippen molar-refractivity contribution in [3.8, 4) is 0 Å². The average molecular weight is 269 g/mol. The minimum Gasteiger partial charge on any atom is -0.378 e. The summed E-state index contributed by atoms with van der Waals surface area (Å²) in [5.41, 5.74) is -0.418. The number of hydrogen-bond donors (Lipinski definition) is 2. The number of carbonyl (C=O) groups excluding carboxylic acids is 1. The van der Waals surface area contributed by atoms with Crippen LogP contribution in [0.25, 0.3) is 0 Å². The number of amides is 1. The van der Waals surface area contributed by atoms with E-state index in [1.165, 1.54) is 0 Å². The smallest absolute Gasteiger partial charge is 0.239 e. The van der Waals surface area contributed by atoms with Crippen LogP contribution in [0.3, 0.4) is 0 Å². The summed E-state index contributed by atoms with van der Waals surface area (Å²) < 4.78 is 5.57. The van der Waals surface area contributed by atoms with Gasteiger partial charge in [-0.2, -0.15) is 0 Å². The molecule has 0 aromatic carbocycles. The molecule has 1 unspecified atom stereocenters. The maximum absolute atomic E-state index is 12.3. The van der Waals surface area contributed by atoms with Gasteiger partial charge in [0.15, 0.2) is 0 Å². The Morgan fingerprint density at radius 1 is 1.42 bits per heavy atom. The van der Waals surface area contributed by atoms with E-state index in [0.29, 0.717) is 6.10 Å². The largest absolute Gasteiger partial charge is 0.378 e. The molecule has 0 radical (unpaired) electrons. The third-order valence-electron chi connectivity index (χ3n) is 4.24. The zero-order valence-corrected chi connectivity index (χ0v) is 12.2. The molecule has 2 heterocycles. The lowest BCUT2D eigenvalue weighted by Crippen LogP contribution is -2.60. The maximum Gasteiger partial charge on any atom is 0.239 e. The Morgan fingerprint density at radius 3 is 2.79 bits per heavy atom. The summed E-state index contributed by atoms with van der Waals surface area (Å²) in [6.45, 7) is 9.43. The Hall–Kier alpha value is -0.650. The molecule has 0 aromatic rings. The lowest BCUT2D eigenvalue weighted by Gasteiger charge is -2.39. The van der Waals surface area contributed by atoms with E-state index in [1.807, 2.05) is 13.8 Å². The zero-order chi connectivity index (χ0) is 13.7. The van der Waals surface area contributed by atoms with Crippen molar-refractivity contribution in [2.75, 3.05) is 39.3 Å². The summed E-state index contributed by atoms with van der Waals surface area (Å²) in [6, 6.07) is 0. The Bertz CT molecular complexity index is 295. The molecule has 0 aromatic heterocycles. The van der Waals surface area contributed by atoms with Gasteiger partial charge in [0.2, 0.25) is 5.91 Å². The van der Waals surface area contributed by atoms with E-state index in [4.69, 9.17) is 4.74 Å². The molecule has 1 amide bonds. The molecule has 5 nitrogen and oxygen atoms in total. The Morgan fingerprint density at radius 2 is 2.16 bits per heavy atom. The molecule has 2 aliphatic heterocycles. The predicted octanol–water partition coefficient (Wildman–Crippen LogP) is 0.356. The van der Waals surface area contributed by atoms with Crippen LogP contribution in [0.4, 0.5) is 0 Å². The van der Waals surface area contributed by atoms with Gasteiger partial charge >= 0.3 is 0 Å². The molecule has 19 heavy (non-hydrogen) atoms. The summed E-state index contributed by atoms with van der Waals surface area (Å²) in [4.78, 5) is 14.6. The summed E-state index contributed by atoms with van der Waals surface area (Å²) in [7, 11) is 0. The minimum atomic E-state index is -0.418. The number of nitrogens with one attached hydrogen (secondary N) is 2. The molecule has 1 atom stereocenters. The third kappa shape index (κ3) is 3.91. The van der Waals surface area contributed by atoms with Gasteiger partial charge in [0.25, 0.3) is 0 Å². The highest BCUT2D eigenvalue weighted by Crippen LogP contribution is 2.17. The molecule has 0 bridgehead atoms. The number of carbonyl (C=O) groups is 1. The summed E-state index contributed by atoms with van der Waals surface area (Å²) in [5.74, 6) is 0.132. The summed E-state index contributed by atoms with van der Waals surface area (Å²) in [5, 5.41) is 6.38. The molecule has 110 valence electrons. The SMILES string of the molecule is CC(C)(C(=O)NCCC1CCCO1)N1CCNCC1. The van der Waals surface area contributed by atoms with Crippen LogP contribution in [0.15, 0.2) is 0 Å². The summed E-state index contributed by atoms with van der Waals surface area (Å²) in [6.07, 6.45) is 3.58. The van der Waals surface area contributed by atoms with E-state index in [2.05, 4.69) is 15.5 Å². The maximum atomic E-state index is 12.3. The fourth-order valence-corrected chi connectivity index (χ4v) is 2.80. The minimum absolute atomic E-state index is 0.132. The number of rotatable bonds is 5. The third-order valence-corrected chi connectivity index (χ3v) is 4.24. The van der Waals surface area contributed by atoms with Crippen LogP contribution in [0.5, 0.6) is 0 Å². The quantitative estimate of drug-likeness (QED) is 0.756. The van der Waals surface area contributed by atoms with Crippen LogP contribution in [0.2, 0.25) is 0 Å². The second-order valence-electron chi connectivity index (χ2n) is 5.98. The first-order valence-corrected chi connectivity index (χ1v) is 7.46. The van der Waals surface area contributed by atoms with Crippen LogP contribution < -0.4 is 10.6 Å². The normalized spacial score (nSPS) is 25.5. The van der Waals surface area contributed by atoms with Crippen molar-refractivity contribution in [1.29, 1.82) is 0 Å². The lowest BCUT2D eigenvalue weighted by molar-refractivity contribution is -0.132. The van der Waals surface area contributed by atoms with E-state index >= 15 is 0 Å². The van der Waals surface area contributed by atoms with Gasteiger partial charge < -0.3 is 15.4 Å². The topological polar surface area (TPSA) is 53.6 Å². The molecule has 0 saturated carbocycles. The number of piperazine rings is 1. The van der Waals surface area contributed by atoms with Crippen molar-refractivity contribution in [3.63, 3.8) is 0 Å². The molecule has 2 rings (SSSR count). The van der Waals surface area contributed by atoms with Gasteiger partial charge in [0.1, 0.15) is 0 Å². The molecular weight excluding hydrogens is 242 g/mol. The van der Waals surface area contributed by atoms with Crippen LogP contribution in [0, 0.1) is 0 Å². The van der Waals surface area contributed by atoms with Crippen molar-refractivity contribution >= 4 is 5.91 Å². The second-order valence-corrected chi connectivity index (χ2v) is 5.98. The van der Waals surface area contributed by atoms with Crippen molar-refractivity contribution < 1.29 is 9.53 Å². The second kappa shape index (κ2) is 6.68. The Kier molecular flexibility index (Phi) is 5.19. The highest BCUT2D eigenvalue weighted by molar-refractivity contribution is 5.85. The highest BCUT2D eigenvalue weighted by atomic mass is 16.5. The van der Waals surface area contributed by atoms with Gasteiger partial charge in [-0.25, -0.2) is 0 Å². The molecular formula is C14H27N3O2. The molecule has 2 fully saturated rings. The first-order chi connectivity index (χ1) is 9.10. The van der Waals surface area contributed by atoms with E-state index < -0.39 is 5.54 Å². The average Bonchev–Trinajstić information content (AvgIpc) is 2.93. The van der Waals surface area contributed by atoms with Crippen molar-refractivity contribution in [3.05, 3.63) is 0 Å². The lowest BCUT2D eigenvalue weighted by atomic mass is 10.0. The van der Waals surface area contributed by atoms with Crippen LogP contribution in [0.1, 0.15) is 33.1 Å². The number of hydrogen-bond acceptors (Lipinski definition) is 4. The first-order valence-electron chi connectivity index (χ1n) is 7.46. The van der Waals surface area contributed by atoms with Gasteiger partial charge in [0, 0.05) is 39.3 Å². The van der Waals surface area contributed by atoms with Crippen LogP contribution in [-0.2, 0) is 9.53 Å². The van der Waals surface area contributed by atoms with Crippen molar-refractivity contribution in [1.82, 2.24) is 15.5 Å². The van der Waals surface area contributed by atoms with Crippen molar-refractivity contribution in [2.24, 2.45) is 0 Å². The standard InChI is InChI=1S/C14H27N3O2/c1-14(2,17-9-7-15-8-10-17)13(18)16-6-5-12-4-3-11-19-12/h12,15H,3-11H2,1-2H3,(H,16,18). The Labute approximate surface area is 116 Å². The number of nitrogens with zero attached hydrogens (tertiary/aromatic N) is 1. The van der Waals surface area contributed by atoms with Crippen LogP contribution in [-0.4, -0.2) is 61.8 Å². The predicted molar refractivity (Wildman–Crippen MR) is 75.1 cm³/mol. The molecule has 0 aliphatic carbocycles. The van der Waals surface area contributed by atoms with Gasteiger partial charge in [-0.1, -0.05) is 0 Å². The van der Waals surface area contributed by atoms with Gasteiger partial charge in [-0.15, -0.1) is 0 Å². The highest BCUT2D eigenvalue weighted by Gasteiger charge is 2.34. The Balaban J connectivity index is 1.73. The van der Waals surface area contributed by atoms with E-state index in [0.717, 1.165) is 58.6 Å². The van der Waals surface area contributed by atoms with E-state index in [1.54, 1.807) is 0 Å². The number of ether oxygens (including phenoxy) is 1. The van der Waals surface area contributed by atoms with Gasteiger partial charge in [-0.3, -0.25) is 9.69 Å². The fraction of sp³-hybridized carbons (Fsp3) is 0.929. The van der Waals surface area contributed by atoms with Crippen molar-refractivity contribution in [2.45, 2.75) is 44.8 Å². The van der Waals surface area contributed by atoms with Crippen LogP contribution >= 0.6 is 0 Å². The molecule has 0 spiro atoms. The van der Waals surface area contributed by atoms with Gasteiger partial charge in [0.05, 0.1) is 11.6 Å². The van der Waals surface area contributed by atoms with E-state index in [-0.39, 0.29) is 5.91 Å². The molecule has 2 saturated heterocycles. The zero-order valence-electron chi connectivity index (χ0n) is 12.2. The summed E-state index contributed by atoms with van der Waals surface area (Å²) >= 11 is 0. The fourth-order valence-electron chi connectivity index (χ4n) is 2.80. The van der Waals surface area contributed by atoms with E-state index in [9.17, 15) is 4.79 Å². The monoisotopic (exact) mass is 269 g/mol. The molecule has 2 N–H and O–H groups in total. The molecule has 5 heteroatoms. The van der Waals surface area contributed by atoms with Gasteiger partial charge in [-0.05, 0) is 33.1 Å². The first kappa shape index (κ1) is 14.8.